The lowest BCUT2D eigenvalue weighted by molar-refractivity contribution is 0.586. The predicted octanol–water partition coefficient (Wildman–Crippen LogP) is 6.44. The van der Waals surface area contributed by atoms with Crippen LogP contribution in [0.4, 0.5) is 0 Å². The van der Waals surface area contributed by atoms with Gasteiger partial charge in [-0.1, -0.05) is 74.8 Å². The highest BCUT2D eigenvalue weighted by Crippen LogP contribution is 2.31. The third-order valence-electron chi connectivity index (χ3n) is 3.59. The summed E-state index contributed by atoms with van der Waals surface area (Å²) in [6.45, 7) is 2.27. The number of hydrogen-bond donors (Lipinski definition) is 1. The summed E-state index contributed by atoms with van der Waals surface area (Å²) in [6, 6.07) is 8.21. The molecule has 1 aromatic heterocycles. The first-order chi connectivity index (χ1) is 10.4. The van der Waals surface area contributed by atoms with E-state index in [4.69, 9.17) is 0 Å². The molecule has 116 valence electrons. The first-order valence-corrected chi connectivity index (χ1v) is 10.5. The molecule has 2 nitrogen and oxygen atoms in total. The minimum absolute atomic E-state index is 1.03. The van der Waals surface area contributed by atoms with E-state index in [2.05, 4.69) is 29.0 Å². The SMILES string of the molecule is CCCCCCCCCCSSc1nc2ccccc2[nH]1. The van der Waals surface area contributed by atoms with Gasteiger partial charge in [-0.2, -0.15) is 0 Å². The average Bonchev–Trinajstić information content (AvgIpc) is 2.92. The zero-order valence-corrected chi connectivity index (χ0v) is 14.6. The molecular formula is C17H26N2S2. The summed E-state index contributed by atoms with van der Waals surface area (Å²) in [5.41, 5.74) is 2.19. The van der Waals surface area contributed by atoms with Crippen LogP contribution in [-0.2, 0) is 0 Å². The summed E-state index contributed by atoms with van der Waals surface area (Å²) < 4.78 is 0. The van der Waals surface area contributed by atoms with E-state index >= 15 is 0 Å². The smallest absolute Gasteiger partial charge is 0.177 e. The lowest BCUT2D eigenvalue weighted by Crippen LogP contribution is -1.82. The molecule has 0 saturated heterocycles. The molecule has 1 N–H and O–H groups in total. The van der Waals surface area contributed by atoms with Gasteiger partial charge in [-0.15, -0.1) is 0 Å². The second kappa shape index (κ2) is 10.2. The molecule has 1 aromatic carbocycles. The van der Waals surface area contributed by atoms with Gasteiger partial charge in [0.15, 0.2) is 5.16 Å². The maximum absolute atomic E-state index is 4.58. The van der Waals surface area contributed by atoms with Crippen molar-refractivity contribution in [2.75, 3.05) is 5.75 Å². The largest absolute Gasteiger partial charge is 0.332 e. The normalized spacial score (nSPS) is 11.3. The fourth-order valence-electron chi connectivity index (χ4n) is 2.36. The van der Waals surface area contributed by atoms with Crippen LogP contribution in [-0.4, -0.2) is 15.7 Å². The molecule has 2 rings (SSSR count). The zero-order valence-electron chi connectivity index (χ0n) is 12.9. The molecule has 0 bridgehead atoms. The van der Waals surface area contributed by atoms with Gasteiger partial charge in [0.25, 0.3) is 0 Å². The molecule has 4 heteroatoms. The number of unbranched alkanes of at least 4 members (excludes halogenated alkanes) is 7. The number of nitrogens with one attached hydrogen (secondary N) is 1. The molecule has 0 aliphatic carbocycles. The summed E-state index contributed by atoms with van der Waals surface area (Å²) in [6.07, 6.45) is 11.1. The summed E-state index contributed by atoms with van der Waals surface area (Å²) >= 11 is 0. The lowest BCUT2D eigenvalue weighted by atomic mass is 10.1. The van der Waals surface area contributed by atoms with Gasteiger partial charge in [0.1, 0.15) is 0 Å². The average molecular weight is 323 g/mol. The number of H-pyrrole nitrogens is 1. The van der Waals surface area contributed by atoms with Gasteiger partial charge >= 0.3 is 0 Å². The molecular weight excluding hydrogens is 296 g/mol. The third-order valence-corrected chi connectivity index (χ3v) is 5.84. The van der Waals surface area contributed by atoms with Crippen molar-refractivity contribution in [3.63, 3.8) is 0 Å². The Morgan fingerprint density at radius 3 is 2.43 bits per heavy atom. The first kappa shape index (κ1) is 16.8. The second-order valence-corrected chi connectivity index (χ2v) is 7.84. The molecule has 0 radical (unpaired) electrons. The zero-order chi connectivity index (χ0) is 14.8. The topological polar surface area (TPSA) is 28.7 Å². The molecule has 0 saturated carbocycles. The maximum Gasteiger partial charge on any atom is 0.177 e. The monoisotopic (exact) mass is 322 g/mol. The van der Waals surface area contributed by atoms with Crippen LogP contribution in [0.5, 0.6) is 0 Å². The van der Waals surface area contributed by atoms with Crippen LogP contribution in [0.25, 0.3) is 11.0 Å². The molecule has 21 heavy (non-hydrogen) atoms. The van der Waals surface area contributed by atoms with Gasteiger partial charge in [-0.05, 0) is 29.3 Å². The van der Waals surface area contributed by atoms with E-state index in [1.165, 1.54) is 57.1 Å². The van der Waals surface area contributed by atoms with Crippen LogP contribution in [0.15, 0.2) is 29.4 Å². The highest BCUT2D eigenvalue weighted by molar-refractivity contribution is 8.76. The van der Waals surface area contributed by atoms with E-state index in [9.17, 15) is 0 Å². The van der Waals surface area contributed by atoms with Gasteiger partial charge in [0.05, 0.1) is 11.0 Å². The Morgan fingerprint density at radius 2 is 1.67 bits per heavy atom. The minimum atomic E-state index is 1.03. The number of fused-ring (bicyclic) bond motifs is 1. The molecule has 0 unspecified atom stereocenters. The molecule has 2 aromatic rings. The highest BCUT2D eigenvalue weighted by atomic mass is 33.1. The number of aromatic nitrogens is 2. The van der Waals surface area contributed by atoms with Crippen molar-refractivity contribution in [1.82, 2.24) is 9.97 Å². The number of nitrogens with zero attached hydrogens (tertiary/aromatic N) is 1. The van der Waals surface area contributed by atoms with Crippen LogP contribution in [0.3, 0.4) is 0 Å². The fourth-order valence-corrected chi connectivity index (χ4v) is 4.34. The van der Waals surface area contributed by atoms with Crippen LogP contribution < -0.4 is 0 Å². The van der Waals surface area contributed by atoms with Crippen molar-refractivity contribution in [3.8, 4) is 0 Å². The van der Waals surface area contributed by atoms with Gasteiger partial charge in [0.2, 0.25) is 0 Å². The van der Waals surface area contributed by atoms with Crippen molar-refractivity contribution in [2.45, 2.75) is 63.4 Å². The Morgan fingerprint density at radius 1 is 0.952 bits per heavy atom. The van der Waals surface area contributed by atoms with Crippen LogP contribution in [0.1, 0.15) is 58.3 Å². The van der Waals surface area contributed by atoms with E-state index in [-0.39, 0.29) is 0 Å². The van der Waals surface area contributed by atoms with Crippen molar-refractivity contribution < 1.29 is 0 Å². The van der Waals surface area contributed by atoms with Crippen molar-refractivity contribution >= 4 is 32.6 Å². The Kier molecular flexibility index (Phi) is 8.12. The summed E-state index contributed by atoms with van der Waals surface area (Å²) in [7, 11) is 3.69. The Bertz CT molecular complexity index is 477. The van der Waals surface area contributed by atoms with Crippen LogP contribution in [0, 0.1) is 0 Å². The van der Waals surface area contributed by atoms with E-state index < -0.39 is 0 Å². The van der Waals surface area contributed by atoms with Gasteiger partial charge < -0.3 is 4.98 Å². The predicted molar refractivity (Wildman–Crippen MR) is 97.0 cm³/mol. The number of rotatable bonds is 11. The van der Waals surface area contributed by atoms with Gasteiger partial charge in [-0.3, -0.25) is 0 Å². The second-order valence-electron chi connectivity index (χ2n) is 5.44. The van der Waals surface area contributed by atoms with E-state index in [1.54, 1.807) is 10.8 Å². The first-order valence-electron chi connectivity index (χ1n) is 8.14. The molecule has 0 aliphatic rings. The summed E-state index contributed by atoms with van der Waals surface area (Å²) in [5, 5.41) is 1.03. The van der Waals surface area contributed by atoms with E-state index in [0.29, 0.717) is 0 Å². The summed E-state index contributed by atoms with van der Waals surface area (Å²) in [5.74, 6) is 1.22. The quantitative estimate of drug-likeness (QED) is 0.381. The van der Waals surface area contributed by atoms with Crippen molar-refractivity contribution in [2.24, 2.45) is 0 Å². The Balaban J connectivity index is 1.50. The Labute approximate surface area is 136 Å². The number of benzene rings is 1. The number of para-hydroxylation sites is 2. The lowest BCUT2D eigenvalue weighted by Gasteiger charge is -2.01. The minimum Gasteiger partial charge on any atom is -0.332 e. The van der Waals surface area contributed by atoms with E-state index in [0.717, 1.165) is 16.2 Å². The molecule has 0 fully saturated rings. The van der Waals surface area contributed by atoms with Crippen LogP contribution in [0.2, 0.25) is 0 Å². The standard InChI is InChI=1S/C17H26N2S2/c1-2-3-4-5-6-7-8-11-14-20-21-17-18-15-12-9-10-13-16(15)19-17/h9-10,12-13H,2-8,11,14H2,1H3,(H,18,19). The van der Waals surface area contributed by atoms with Crippen molar-refractivity contribution in [1.29, 1.82) is 0 Å². The van der Waals surface area contributed by atoms with Gasteiger partial charge in [0, 0.05) is 5.75 Å². The maximum atomic E-state index is 4.58. The van der Waals surface area contributed by atoms with E-state index in [1.807, 2.05) is 22.9 Å². The molecule has 0 amide bonds. The Hall–Kier alpha value is -0.610. The van der Waals surface area contributed by atoms with Crippen molar-refractivity contribution in [3.05, 3.63) is 24.3 Å². The van der Waals surface area contributed by atoms with Crippen LogP contribution >= 0.6 is 21.6 Å². The molecule has 0 spiro atoms. The fraction of sp³-hybridized carbons (Fsp3) is 0.588. The summed E-state index contributed by atoms with van der Waals surface area (Å²) in [4.78, 5) is 7.93. The molecule has 0 atom stereocenters. The molecule has 0 aliphatic heterocycles. The highest BCUT2D eigenvalue weighted by Gasteiger charge is 2.02. The number of hydrogen-bond acceptors (Lipinski definition) is 3. The third kappa shape index (κ3) is 6.35. The molecule has 1 heterocycles. The number of aromatic amines is 1. The number of imidazole rings is 1. The van der Waals surface area contributed by atoms with Gasteiger partial charge in [-0.25, -0.2) is 4.98 Å².